The van der Waals surface area contributed by atoms with Gasteiger partial charge in [-0.05, 0) is 71.5 Å². The van der Waals surface area contributed by atoms with Gasteiger partial charge >= 0.3 is 0 Å². The Balaban J connectivity index is 1.75. The Morgan fingerprint density at radius 3 is 1.62 bits per heavy atom. The SMILES string of the molecule is Brc1c2ccccc2c(-c2cc3oc4ccccc4c3c3ccccc23)c2ccccc12. The Bertz CT molecular complexity index is 1780. The highest BCUT2D eigenvalue weighted by molar-refractivity contribution is 9.10. The van der Waals surface area contributed by atoms with Crippen molar-refractivity contribution in [2.45, 2.75) is 0 Å². The minimum Gasteiger partial charge on any atom is -0.456 e. The van der Waals surface area contributed by atoms with Crippen LogP contribution in [0.3, 0.4) is 0 Å². The summed E-state index contributed by atoms with van der Waals surface area (Å²) in [4.78, 5) is 0. The summed E-state index contributed by atoms with van der Waals surface area (Å²) in [6.45, 7) is 0. The van der Waals surface area contributed by atoms with E-state index in [9.17, 15) is 0 Å². The first kappa shape index (κ1) is 18.0. The number of benzene rings is 6. The number of hydrogen-bond donors (Lipinski definition) is 0. The Kier molecular flexibility index (Phi) is 3.76. The van der Waals surface area contributed by atoms with Crippen LogP contribution in [0, 0.1) is 0 Å². The molecule has 150 valence electrons. The molecular formula is C30H17BrO. The van der Waals surface area contributed by atoms with Crippen LogP contribution in [-0.2, 0) is 0 Å². The lowest BCUT2D eigenvalue weighted by Gasteiger charge is -2.16. The van der Waals surface area contributed by atoms with Crippen LogP contribution in [0.15, 0.2) is 112 Å². The van der Waals surface area contributed by atoms with Crippen LogP contribution in [0.5, 0.6) is 0 Å². The van der Waals surface area contributed by atoms with E-state index >= 15 is 0 Å². The Hall–Kier alpha value is -3.62. The van der Waals surface area contributed by atoms with Crippen molar-refractivity contribution in [1.82, 2.24) is 0 Å². The van der Waals surface area contributed by atoms with Crippen LogP contribution in [0.25, 0.3) is 65.4 Å². The first-order chi connectivity index (χ1) is 15.8. The molecule has 1 nitrogen and oxygen atoms in total. The maximum absolute atomic E-state index is 6.36. The second-order valence-corrected chi connectivity index (χ2v) is 9.01. The van der Waals surface area contributed by atoms with Gasteiger partial charge in [-0.1, -0.05) is 91.0 Å². The molecule has 1 aromatic heterocycles. The third-order valence-corrected chi connectivity index (χ3v) is 7.37. The molecule has 0 saturated carbocycles. The zero-order valence-electron chi connectivity index (χ0n) is 17.1. The fraction of sp³-hybridized carbons (Fsp3) is 0. The molecule has 0 radical (unpaired) electrons. The first-order valence-corrected chi connectivity index (χ1v) is 11.5. The second-order valence-electron chi connectivity index (χ2n) is 8.22. The molecule has 2 heteroatoms. The van der Waals surface area contributed by atoms with Gasteiger partial charge in [-0.25, -0.2) is 0 Å². The molecule has 0 unspecified atom stereocenters. The zero-order chi connectivity index (χ0) is 21.2. The number of para-hydroxylation sites is 1. The van der Waals surface area contributed by atoms with Gasteiger partial charge in [-0.2, -0.15) is 0 Å². The van der Waals surface area contributed by atoms with E-state index in [2.05, 4.69) is 107 Å². The average molecular weight is 473 g/mol. The topological polar surface area (TPSA) is 13.1 Å². The zero-order valence-corrected chi connectivity index (χ0v) is 18.7. The van der Waals surface area contributed by atoms with Crippen LogP contribution >= 0.6 is 15.9 Å². The van der Waals surface area contributed by atoms with Crippen LogP contribution in [-0.4, -0.2) is 0 Å². The molecule has 0 N–H and O–H groups in total. The fourth-order valence-electron chi connectivity index (χ4n) is 5.16. The number of fused-ring (bicyclic) bond motifs is 7. The number of hydrogen-bond acceptors (Lipinski definition) is 1. The van der Waals surface area contributed by atoms with E-state index in [1.807, 2.05) is 12.1 Å². The van der Waals surface area contributed by atoms with Crippen molar-refractivity contribution in [3.8, 4) is 11.1 Å². The van der Waals surface area contributed by atoms with Crippen LogP contribution in [0.4, 0.5) is 0 Å². The highest BCUT2D eigenvalue weighted by Gasteiger charge is 2.19. The predicted molar refractivity (Wildman–Crippen MR) is 139 cm³/mol. The van der Waals surface area contributed by atoms with Gasteiger partial charge in [-0.15, -0.1) is 0 Å². The van der Waals surface area contributed by atoms with E-state index in [4.69, 9.17) is 4.42 Å². The quantitative estimate of drug-likeness (QED) is 0.217. The van der Waals surface area contributed by atoms with Gasteiger partial charge in [0.25, 0.3) is 0 Å². The lowest BCUT2D eigenvalue weighted by Crippen LogP contribution is -1.89. The molecule has 0 aliphatic carbocycles. The Morgan fingerprint density at radius 2 is 0.969 bits per heavy atom. The molecule has 0 bridgehead atoms. The van der Waals surface area contributed by atoms with Crippen LogP contribution in [0.2, 0.25) is 0 Å². The molecule has 7 aromatic rings. The van der Waals surface area contributed by atoms with Crippen molar-refractivity contribution in [3.63, 3.8) is 0 Å². The molecular weight excluding hydrogens is 456 g/mol. The van der Waals surface area contributed by atoms with Crippen LogP contribution in [0.1, 0.15) is 0 Å². The van der Waals surface area contributed by atoms with Gasteiger partial charge in [0.15, 0.2) is 0 Å². The van der Waals surface area contributed by atoms with Crippen molar-refractivity contribution < 1.29 is 4.42 Å². The third kappa shape index (κ3) is 2.39. The molecule has 7 rings (SSSR count). The van der Waals surface area contributed by atoms with Crippen molar-refractivity contribution in [1.29, 1.82) is 0 Å². The molecule has 0 saturated heterocycles. The number of rotatable bonds is 1. The fourth-order valence-corrected chi connectivity index (χ4v) is 5.85. The molecule has 1 heterocycles. The monoisotopic (exact) mass is 472 g/mol. The summed E-state index contributed by atoms with van der Waals surface area (Å²) >= 11 is 3.88. The minimum atomic E-state index is 0.926. The van der Waals surface area contributed by atoms with Gasteiger partial charge in [0.05, 0.1) is 0 Å². The lowest BCUT2D eigenvalue weighted by molar-refractivity contribution is 0.669. The third-order valence-electron chi connectivity index (χ3n) is 6.52. The summed E-state index contributed by atoms with van der Waals surface area (Å²) in [6.07, 6.45) is 0. The van der Waals surface area contributed by atoms with Crippen molar-refractivity contribution in [3.05, 3.63) is 108 Å². The van der Waals surface area contributed by atoms with E-state index in [1.54, 1.807) is 0 Å². The second kappa shape index (κ2) is 6.69. The largest absolute Gasteiger partial charge is 0.456 e. The van der Waals surface area contributed by atoms with E-state index in [0.29, 0.717) is 0 Å². The summed E-state index contributed by atoms with van der Waals surface area (Å²) in [5.41, 5.74) is 4.30. The lowest BCUT2D eigenvalue weighted by atomic mass is 9.88. The molecule has 0 spiro atoms. The van der Waals surface area contributed by atoms with Crippen molar-refractivity contribution in [2.75, 3.05) is 0 Å². The van der Waals surface area contributed by atoms with Crippen molar-refractivity contribution in [2.24, 2.45) is 0 Å². The normalized spacial score (nSPS) is 11.9. The predicted octanol–water partition coefficient (Wildman–Crippen LogP) is 9.48. The Labute approximate surface area is 193 Å². The van der Waals surface area contributed by atoms with E-state index in [1.165, 1.54) is 48.8 Å². The van der Waals surface area contributed by atoms with Crippen molar-refractivity contribution >= 4 is 70.2 Å². The number of halogens is 1. The van der Waals surface area contributed by atoms with Gasteiger partial charge in [-0.3, -0.25) is 0 Å². The standard InChI is InChI=1S/C30H17BrO/c31-30-22-13-5-3-11-20(22)28(21-12-4-6-14-23(21)30)25-17-27-29(19-10-2-1-9-18(19)25)24-15-7-8-16-26(24)32-27/h1-17H. The molecule has 0 amide bonds. The van der Waals surface area contributed by atoms with E-state index in [0.717, 1.165) is 21.0 Å². The molecule has 0 aliphatic heterocycles. The summed E-state index contributed by atoms with van der Waals surface area (Å²) < 4.78 is 7.50. The summed E-state index contributed by atoms with van der Waals surface area (Å²) in [5.74, 6) is 0. The highest BCUT2D eigenvalue weighted by atomic mass is 79.9. The van der Waals surface area contributed by atoms with Crippen LogP contribution < -0.4 is 0 Å². The summed E-state index contributed by atoms with van der Waals surface area (Å²) in [7, 11) is 0. The molecule has 0 fully saturated rings. The number of furan rings is 1. The molecule has 0 aliphatic rings. The minimum absolute atomic E-state index is 0.926. The van der Waals surface area contributed by atoms with Gasteiger partial charge in [0, 0.05) is 15.2 Å². The molecule has 6 aromatic carbocycles. The first-order valence-electron chi connectivity index (χ1n) is 10.7. The Morgan fingerprint density at radius 1 is 0.469 bits per heavy atom. The molecule has 32 heavy (non-hydrogen) atoms. The highest BCUT2D eigenvalue weighted by Crippen LogP contribution is 2.46. The maximum atomic E-state index is 6.36. The molecule has 0 atom stereocenters. The van der Waals surface area contributed by atoms with Gasteiger partial charge in [0.2, 0.25) is 0 Å². The maximum Gasteiger partial charge on any atom is 0.136 e. The van der Waals surface area contributed by atoms with E-state index in [-0.39, 0.29) is 0 Å². The summed E-state index contributed by atoms with van der Waals surface area (Å²) in [5, 5.41) is 9.72. The summed E-state index contributed by atoms with van der Waals surface area (Å²) in [6, 6.07) is 36.5. The van der Waals surface area contributed by atoms with E-state index < -0.39 is 0 Å². The van der Waals surface area contributed by atoms with Gasteiger partial charge in [0.1, 0.15) is 11.2 Å². The average Bonchev–Trinajstić information content (AvgIpc) is 3.23. The smallest absolute Gasteiger partial charge is 0.136 e. The van der Waals surface area contributed by atoms with Gasteiger partial charge < -0.3 is 4.42 Å².